The van der Waals surface area contributed by atoms with Crippen LogP contribution in [0.1, 0.15) is 5.56 Å². The highest BCUT2D eigenvalue weighted by Gasteiger charge is 2.05. The summed E-state index contributed by atoms with van der Waals surface area (Å²) >= 11 is 0. The van der Waals surface area contributed by atoms with E-state index in [2.05, 4.69) is 10.6 Å². The van der Waals surface area contributed by atoms with Crippen molar-refractivity contribution in [2.24, 2.45) is 0 Å². The number of carbonyl (C=O) groups excluding carboxylic acids is 1. The van der Waals surface area contributed by atoms with Gasteiger partial charge in [-0.05, 0) is 24.1 Å². The van der Waals surface area contributed by atoms with Gasteiger partial charge in [-0.3, -0.25) is 0 Å². The van der Waals surface area contributed by atoms with Crippen molar-refractivity contribution in [3.63, 3.8) is 0 Å². The highest BCUT2D eigenvalue weighted by atomic mass is 16.5. The van der Waals surface area contributed by atoms with Crippen LogP contribution in [0.25, 0.3) is 0 Å². The Labute approximate surface area is 130 Å². The summed E-state index contributed by atoms with van der Waals surface area (Å²) in [4.78, 5) is 11.5. The van der Waals surface area contributed by atoms with Crippen LogP contribution in [0.5, 0.6) is 11.5 Å². The van der Waals surface area contributed by atoms with E-state index >= 15 is 0 Å². The lowest BCUT2D eigenvalue weighted by Gasteiger charge is -2.10. The molecule has 7 heteroatoms. The fourth-order valence-corrected chi connectivity index (χ4v) is 1.82. The first-order valence-corrected chi connectivity index (χ1v) is 7.12. The summed E-state index contributed by atoms with van der Waals surface area (Å²) < 4.78 is 15.4. The van der Waals surface area contributed by atoms with Crippen LogP contribution >= 0.6 is 0 Å². The SMILES string of the molecule is COc1ccc(CCNC(=O)NCCOCCO)cc1OC. The fraction of sp³-hybridized carbons (Fsp3) is 0.533. The predicted molar refractivity (Wildman–Crippen MR) is 82.6 cm³/mol. The maximum Gasteiger partial charge on any atom is 0.314 e. The molecule has 0 atom stereocenters. The fourth-order valence-electron chi connectivity index (χ4n) is 1.82. The van der Waals surface area contributed by atoms with Gasteiger partial charge in [0, 0.05) is 13.1 Å². The number of ether oxygens (including phenoxy) is 3. The summed E-state index contributed by atoms with van der Waals surface area (Å²) in [6, 6.07) is 5.42. The normalized spacial score (nSPS) is 10.1. The smallest absolute Gasteiger partial charge is 0.314 e. The van der Waals surface area contributed by atoms with E-state index in [1.54, 1.807) is 14.2 Å². The van der Waals surface area contributed by atoms with Crippen molar-refractivity contribution < 1.29 is 24.1 Å². The molecule has 0 heterocycles. The van der Waals surface area contributed by atoms with Crippen molar-refractivity contribution in [3.05, 3.63) is 23.8 Å². The number of benzene rings is 1. The summed E-state index contributed by atoms with van der Waals surface area (Å²) in [5, 5.41) is 14.0. The summed E-state index contributed by atoms with van der Waals surface area (Å²) in [5.74, 6) is 1.35. The molecule has 2 amide bonds. The number of rotatable bonds is 10. The van der Waals surface area contributed by atoms with Gasteiger partial charge in [0.2, 0.25) is 0 Å². The van der Waals surface area contributed by atoms with E-state index in [0.717, 1.165) is 5.56 Å². The molecule has 0 saturated carbocycles. The maximum atomic E-state index is 11.5. The van der Waals surface area contributed by atoms with Crippen molar-refractivity contribution in [3.8, 4) is 11.5 Å². The number of amides is 2. The second kappa shape index (κ2) is 10.7. The lowest BCUT2D eigenvalue weighted by Crippen LogP contribution is -2.38. The lowest BCUT2D eigenvalue weighted by atomic mass is 10.1. The average Bonchev–Trinajstić information content (AvgIpc) is 2.54. The Bertz CT molecular complexity index is 454. The van der Waals surface area contributed by atoms with Crippen LogP contribution < -0.4 is 20.1 Å². The second-order valence-corrected chi connectivity index (χ2v) is 4.46. The van der Waals surface area contributed by atoms with Crippen LogP contribution in [-0.4, -0.2) is 58.3 Å². The summed E-state index contributed by atoms with van der Waals surface area (Å²) in [6.07, 6.45) is 0.689. The lowest BCUT2D eigenvalue weighted by molar-refractivity contribution is 0.0947. The van der Waals surface area contributed by atoms with Gasteiger partial charge in [-0.2, -0.15) is 0 Å². The van der Waals surface area contributed by atoms with Gasteiger partial charge >= 0.3 is 6.03 Å². The van der Waals surface area contributed by atoms with Gasteiger partial charge in [0.05, 0.1) is 34.0 Å². The molecule has 22 heavy (non-hydrogen) atoms. The predicted octanol–water partition coefficient (Wildman–Crippen LogP) is 0.554. The number of nitrogens with one attached hydrogen (secondary N) is 2. The van der Waals surface area contributed by atoms with Crippen molar-refractivity contribution in [1.82, 2.24) is 10.6 Å². The zero-order valence-corrected chi connectivity index (χ0v) is 13.1. The number of hydrogen-bond donors (Lipinski definition) is 3. The van der Waals surface area contributed by atoms with Crippen molar-refractivity contribution in [2.75, 3.05) is 47.1 Å². The van der Waals surface area contributed by atoms with Gasteiger partial charge in [-0.1, -0.05) is 6.07 Å². The Kier molecular flexibility index (Phi) is 8.78. The Hall–Kier alpha value is -1.99. The molecule has 0 bridgehead atoms. The summed E-state index contributed by atoms with van der Waals surface area (Å²) in [7, 11) is 3.18. The molecule has 0 spiro atoms. The molecule has 0 aromatic heterocycles. The highest BCUT2D eigenvalue weighted by Crippen LogP contribution is 2.27. The molecule has 7 nitrogen and oxygen atoms in total. The Morgan fingerprint density at radius 3 is 2.50 bits per heavy atom. The van der Waals surface area contributed by atoms with Gasteiger partial charge in [-0.25, -0.2) is 4.79 Å². The van der Waals surface area contributed by atoms with E-state index in [9.17, 15) is 4.79 Å². The van der Waals surface area contributed by atoms with Crippen LogP contribution in [0.3, 0.4) is 0 Å². The van der Waals surface area contributed by atoms with Gasteiger partial charge < -0.3 is 30.0 Å². The van der Waals surface area contributed by atoms with Gasteiger partial charge in [0.1, 0.15) is 0 Å². The second-order valence-electron chi connectivity index (χ2n) is 4.46. The van der Waals surface area contributed by atoms with Crippen LogP contribution in [0.15, 0.2) is 18.2 Å². The molecule has 0 aliphatic carbocycles. The third kappa shape index (κ3) is 6.64. The zero-order valence-electron chi connectivity index (χ0n) is 13.1. The molecular formula is C15H24N2O5. The van der Waals surface area contributed by atoms with Crippen molar-refractivity contribution in [1.29, 1.82) is 0 Å². The molecule has 1 rings (SSSR count). The van der Waals surface area contributed by atoms with Crippen LogP contribution in [0, 0.1) is 0 Å². The Balaban J connectivity index is 2.24. The third-order valence-electron chi connectivity index (χ3n) is 2.91. The summed E-state index contributed by atoms with van der Waals surface area (Å²) in [6.45, 7) is 1.56. The van der Waals surface area contributed by atoms with E-state index in [1.807, 2.05) is 18.2 Å². The number of methoxy groups -OCH3 is 2. The first kappa shape index (κ1) is 18.1. The minimum Gasteiger partial charge on any atom is -0.493 e. The molecule has 0 unspecified atom stereocenters. The van der Waals surface area contributed by atoms with E-state index in [-0.39, 0.29) is 19.2 Å². The molecular weight excluding hydrogens is 288 g/mol. The van der Waals surface area contributed by atoms with Crippen LogP contribution in [-0.2, 0) is 11.2 Å². The molecule has 0 fully saturated rings. The molecule has 0 aliphatic rings. The largest absolute Gasteiger partial charge is 0.493 e. The van der Waals surface area contributed by atoms with Crippen LogP contribution in [0.2, 0.25) is 0 Å². The standard InChI is InChI=1S/C15H24N2O5/c1-20-13-4-3-12(11-14(13)21-2)5-6-16-15(19)17-7-9-22-10-8-18/h3-4,11,18H,5-10H2,1-2H3,(H2,16,17,19). The van der Waals surface area contributed by atoms with Crippen molar-refractivity contribution in [2.45, 2.75) is 6.42 Å². The van der Waals surface area contributed by atoms with Gasteiger partial charge in [-0.15, -0.1) is 0 Å². The minimum atomic E-state index is -0.243. The van der Waals surface area contributed by atoms with E-state index in [0.29, 0.717) is 37.6 Å². The quantitative estimate of drug-likeness (QED) is 0.549. The van der Waals surface area contributed by atoms with E-state index in [4.69, 9.17) is 19.3 Å². The number of urea groups is 1. The number of hydrogen-bond acceptors (Lipinski definition) is 5. The highest BCUT2D eigenvalue weighted by molar-refractivity contribution is 5.73. The third-order valence-corrected chi connectivity index (χ3v) is 2.91. The van der Waals surface area contributed by atoms with E-state index in [1.165, 1.54) is 0 Å². The number of aliphatic hydroxyl groups is 1. The molecule has 0 aliphatic heterocycles. The average molecular weight is 312 g/mol. The monoisotopic (exact) mass is 312 g/mol. The summed E-state index contributed by atoms with van der Waals surface area (Å²) in [5.41, 5.74) is 1.05. The number of carbonyl (C=O) groups is 1. The van der Waals surface area contributed by atoms with Gasteiger partial charge in [0.15, 0.2) is 11.5 Å². The van der Waals surface area contributed by atoms with E-state index < -0.39 is 0 Å². The maximum absolute atomic E-state index is 11.5. The molecule has 1 aromatic carbocycles. The first-order valence-electron chi connectivity index (χ1n) is 7.12. The minimum absolute atomic E-state index is 0.0163. The Morgan fingerprint density at radius 1 is 1.09 bits per heavy atom. The van der Waals surface area contributed by atoms with Gasteiger partial charge in [0.25, 0.3) is 0 Å². The Morgan fingerprint density at radius 2 is 1.82 bits per heavy atom. The number of aliphatic hydroxyl groups excluding tert-OH is 1. The topological polar surface area (TPSA) is 89.1 Å². The molecule has 1 aromatic rings. The van der Waals surface area contributed by atoms with Crippen molar-refractivity contribution >= 4 is 6.03 Å². The molecule has 3 N–H and O–H groups in total. The molecule has 124 valence electrons. The molecule has 0 radical (unpaired) electrons. The first-order chi connectivity index (χ1) is 10.7. The zero-order chi connectivity index (χ0) is 16.2. The molecule has 0 saturated heterocycles. The van der Waals surface area contributed by atoms with Crippen LogP contribution in [0.4, 0.5) is 4.79 Å².